The molecule has 0 heterocycles. The van der Waals surface area contributed by atoms with Crippen LogP contribution in [0.5, 0.6) is 0 Å². The van der Waals surface area contributed by atoms with Crippen molar-refractivity contribution in [3.63, 3.8) is 0 Å². The van der Waals surface area contributed by atoms with Gasteiger partial charge in [0.15, 0.2) is 0 Å². The standard InChI is InChI=1S/C22H32FSi/c1-16-2-11-21(14-22(16)23)20-12-9-18(10-13-20)4-3-17-5-7-19(15-24)8-6-17/h2,11,14,17-20H,3-10,12-13,15H2,1H3. The molecule has 2 heteroatoms. The van der Waals surface area contributed by atoms with E-state index in [-0.39, 0.29) is 5.82 Å². The van der Waals surface area contributed by atoms with Gasteiger partial charge < -0.3 is 0 Å². The Kier molecular flexibility index (Phi) is 6.54. The molecule has 0 atom stereocenters. The van der Waals surface area contributed by atoms with Crippen molar-refractivity contribution in [1.82, 2.24) is 0 Å². The van der Waals surface area contributed by atoms with Crippen LogP contribution in [-0.4, -0.2) is 10.2 Å². The maximum absolute atomic E-state index is 13.8. The van der Waals surface area contributed by atoms with Crippen LogP contribution in [0.2, 0.25) is 6.04 Å². The molecule has 0 N–H and O–H groups in total. The monoisotopic (exact) mass is 343 g/mol. The van der Waals surface area contributed by atoms with E-state index in [4.69, 9.17) is 0 Å². The van der Waals surface area contributed by atoms with E-state index in [0.29, 0.717) is 5.92 Å². The smallest absolute Gasteiger partial charge is 0.126 e. The summed E-state index contributed by atoms with van der Waals surface area (Å²) in [7, 11) is 3.69. The van der Waals surface area contributed by atoms with Gasteiger partial charge in [0.05, 0.1) is 0 Å². The van der Waals surface area contributed by atoms with Crippen molar-refractivity contribution in [3.8, 4) is 0 Å². The van der Waals surface area contributed by atoms with Crippen LogP contribution in [0.15, 0.2) is 18.2 Å². The Hall–Kier alpha value is -0.633. The molecule has 2 aliphatic carbocycles. The normalized spacial score (nSPS) is 31.1. The summed E-state index contributed by atoms with van der Waals surface area (Å²) in [5.41, 5.74) is 1.99. The Morgan fingerprint density at radius 2 is 1.42 bits per heavy atom. The maximum atomic E-state index is 13.8. The minimum atomic E-state index is -0.0337. The summed E-state index contributed by atoms with van der Waals surface area (Å²) in [6, 6.07) is 7.06. The Bertz CT molecular complexity index is 511. The van der Waals surface area contributed by atoms with E-state index in [1.54, 1.807) is 6.07 Å². The van der Waals surface area contributed by atoms with E-state index in [0.717, 1.165) is 23.3 Å². The highest BCUT2D eigenvalue weighted by Gasteiger charge is 2.25. The molecule has 24 heavy (non-hydrogen) atoms. The highest BCUT2D eigenvalue weighted by Crippen LogP contribution is 2.40. The van der Waals surface area contributed by atoms with Gasteiger partial charge in [0.25, 0.3) is 0 Å². The van der Waals surface area contributed by atoms with Gasteiger partial charge in [-0.05, 0) is 73.5 Å². The lowest BCUT2D eigenvalue weighted by atomic mass is 9.74. The fraction of sp³-hybridized carbons (Fsp3) is 0.727. The van der Waals surface area contributed by atoms with Crippen molar-refractivity contribution in [3.05, 3.63) is 35.1 Å². The van der Waals surface area contributed by atoms with Crippen LogP contribution in [0, 0.1) is 30.5 Å². The number of rotatable bonds is 5. The second-order valence-corrected chi connectivity index (χ2v) is 8.80. The quantitative estimate of drug-likeness (QED) is 0.530. The van der Waals surface area contributed by atoms with Gasteiger partial charge in [-0.1, -0.05) is 56.7 Å². The van der Waals surface area contributed by atoms with Crippen LogP contribution in [0.1, 0.15) is 81.3 Å². The highest BCUT2D eigenvalue weighted by atomic mass is 28.1. The maximum Gasteiger partial charge on any atom is 0.126 e. The fourth-order valence-electron chi connectivity index (χ4n) is 4.84. The third-order valence-electron chi connectivity index (χ3n) is 6.75. The second-order valence-electron chi connectivity index (χ2n) is 8.39. The minimum Gasteiger partial charge on any atom is -0.207 e. The van der Waals surface area contributed by atoms with E-state index in [2.05, 4.69) is 16.3 Å². The van der Waals surface area contributed by atoms with Gasteiger partial charge in [0.2, 0.25) is 0 Å². The molecular formula is C22H32FSi. The Morgan fingerprint density at radius 1 is 0.875 bits per heavy atom. The SMILES string of the molecule is Cc1ccc(C2CCC(CCC3CCC(C[Si])CC3)CC2)cc1F. The molecule has 0 nitrogen and oxygen atoms in total. The van der Waals surface area contributed by atoms with E-state index in [1.165, 1.54) is 75.8 Å². The molecule has 0 amide bonds. The van der Waals surface area contributed by atoms with Crippen molar-refractivity contribution >= 4 is 10.2 Å². The van der Waals surface area contributed by atoms with Crippen LogP contribution < -0.4 is 0 Å². The van der Waals surface area contributed by atoms with Gasteiger partial charge in [-0.25, -0.2) is 4.39 Å². The number of aryl methyl sites for hydroxylation is 1. The fourth-order valence-corrected chi connectivity index (χ4v) is 5.25. The zero-order valence-electron chi connectivity index (χ0n) is 15.2. The topological polar surface area (TPSA) is 0 Å². The van der Waals surface area contributed by atoms with Crippen molar-refractivity contribution in [2.45, 2.75) is 83.1 Å². The van der Waals surface area contributed by atoms with Gasteiger partial charge in [0, 0.05) is 10.2 Å². The predicted octanol–water partition coefficient (Wildman–Crippen LogP) is 6.58. The molecule has 0 aliphatic heterocycles. The van der Waals surface area contributed by atoms with Gasteiger partial charge in [-0.15, -0.1) is 0 Å². The minimum absolute atomic E-state index is 0.0337. The number of benzene rings is 1. The summed E-state index contributed by atoms with van der Waals surface area (Å²) in [5.74, 6) is 3.40. The van der Waals surface area contributed by atoms with Crippen LogP contribution in [0.25, 0.3) is 0 Å². The van der Waals surface area contributed by atoms with Gasteiger partial charge >= 0.3 is 0 Å². The van der Waals surface area contributed by atoms with Crippen LogP contribution in [0.3, 0.4) is 0 Å². The molecular weight excluding hydrogens is 311 g/mol. The van der Waals surface area contributed by atoms with E-state index in [9.17, 15) is 4.39 Å². The van der Waals surface area contributed by atoms with Crippen LogP contribution in [0.4, 0.5) is 4.39 Å². The number of halogens is 1. The summed E-state index contributed by atoms with van der Waals surface area (Å²) in [6.45, 7) is 1.85. The molecule has 1 aromatic rings. The van der Waals surface area contributed by atoms with Crippen molar-refractivity contribution in [1.29, 1.82) is 0 Å². The van der Waals surface area contributed by atoms with Gasteiger partial charge in [-0.3, -0.25) is 0 Å². The molecule has 3 radical (unpaired) electrons. The molecule has 2 aliphatic rings. The van der Waals surface area contributed by atoms with Gasteiger partial charge in [-0.2, -0.15) is 0 Å². The van der Waals surface area contributed by atoms with Crippen molar-refractivity contribution in [2.75, 3.05) is 0 Å². The van der Waals surface area contributed by atoms with E-state index in [1.807, 2.05) is 13.0 Å². The zero-order valence-corrected chi connectivity index (χ0v) is 16.2. The Labute approximate surface area is 151 Å². The first-order valence-electron chi connectivity index (χ1n) is 10.1. The Morgan fingerprint density at radius 3 is 1.96 bits per heavy atom. The summed E-state index contributed by atoms with van der Waals surface area (Å²) in [5, 5.41) is 0. The molecule has 0 spiro atoms. The highest BCUT2D eigenvalue weighted by molar-refractivity contribution is 6.08. The molecule has 0 unspecified atom stereocenters. The van der Waals surface area contributed by atoms with Crippen molar-refractivity contribution < 1.29 is 4.39 Å². The second kappa shape index (κ2) is 8.65. The number of hydrogen-bond donors (Lipinski definition) is 0. The average molecular weight is 344 g/mol. The average Bonchev–Trinajstić information content (AvgIpc) is 2.63. The lowest BCUT2D eigenvalue weighted by Crippen LogP contribution is -2.17. The van der Waals surface area contributed by atoms with E-state index < -0.39 is 0 Å². The molecule has 131 valence electrons. The first-order valence-corrected chi connectivity index (χ1v) is 10.8. The molecule has 2 fully saturated rings. The van der Waals surface area contributed by atoms with Crippen molar-refractivity contribution in [2.24, 2.45) is 17.8 Å². The Balaban J connectivity index is 1.40. The molecule has 1 aromatic carbocycles. The van der Waals surface area contributed by atoms with E-state index >= 15 is 0 Å². The third-order valence-corrected chi connectivity index (χ3v) is 7.33. The summed E-state index contributed by atoms with van der Waals surface area (Å²) in [6.07, 6.45) is 13.8. The van der Waals surface area contributed by atoms with Crippen LogP contribution in [-0.2, 0) is 0 Å². The molecule has 0 saturated heterocycles. The number of hydrogen-bond acceptors (Lipinski definition) is 0. The molecule has 0 aromatic heterocycles. The molecule has 3 rings (SSSR count). The summed E-state index contributed by atoms with van der Waals surface area (Å²) < 4.78 is 13.8. The summed E-state index contributed by atoms with van der Waals surface area (Å²) >= 11 is 0. The molecule has 2 saturated carbocycles. The van der Waals surface area contributed by atoms with Gasteiger partial charge in [0.1, 0.15) is 5.82 Å². The predicted molar refractivity (Wildman–Crippen MR) is 101 cm³/mol. The lowest BCUT2D eigenvalue weighted by Gasteiger charge is -2.32. The third kappa shape index (κ3) is 4.71. The summed E-state index contributed by atoms with van der Waals surface area (Å²) in [4.78, 5) is 0. The first-order chi connectivity index (χ1) is 11.7. The first kappa shape index (κ1) is 18.2. The zero-order chi connectivity index (χ0) is 16.9. The lowest BCUT2D eigenvalue weighted by molar-refractivity contribution is 0.238. The largest absolute Gasteiger partial charge is 0.207 e. The molecule has 0 bridgehead atoms. The van der Waals surface area contributed by atoms with Crippen LogP contribution >= 0.6 is 0 Å².